The minimum atomic E-state index is -0.211. The van der Waals surface area contributed by atoms with Gasteiger partial charge in [0.15, 0.2) is 0 Å². The van der Waals surface area contributed by atoms with Crippen molar-refractivity contribution >= 4 is 5.97 Å². The number of benzene rings is 1. The van der Waals surface area contributed by atoms with Crippen LogP contribution < -0.4 is 0 Å². The van der Waals surface area contributed by atoms with Crippen molar-refractivity contribution in [2.75, 3.05) is 6.61 Å². The van der Waals surface area contributed by atoms with E-state index in [9.17, 15) is 4.79 Å². The second-order valence-corrected chi connectivity index (χ2v) is 5.77. The molecule has 128 valence electrons. The Labute approximate surface area is 146 Å². The molecule has 0 unspecified atom stereocenters. The van der Waals surface area contributed by atoms with Crippen LogP contribution in [0.4, 0.5) is 0 Å². The number of esters is 1. The minimum absolute atomic E-state index is 0.211. The van der Waals surface area contributed by atoms with E-state index in [1.807, 2.05) is 54.5 Å². The van der Waals surface area contributed by atoms with Crippen LogP contribution in [-0.4, -0.2) is 32.1 Å². The number of aryl methyl sites for hydroxylation is 1. The van der Waals surface area contributed by atoms with Crippen LogP contribution in [0, 0.1) is 0 Å². The smallest absolute Gasteiger partial charge is 0.310 e. The lowest BCUT2D eigenvalue weighted by Gasteiger charge is -2.05. The fourth-order valence-electron chi connectivity index (χ4n) is 2.51. The molecule has 0 spiro atoms. The summed E-state index contributed by atoms with van der Waals surface area (Å²) in [5.74, 6) is 0.527. The van der Waals surface area contributed by atoms with Gasteiger partial charge in [-0.3, -0.25) is 4.79 Å². The molecule has 6 heteroatoms. The molecule has 0 aliphatic heterocycles. The van der Waals surface area contributed by atoms with Gasteiger partial charge in [-0.15, -0.1) is 0 Å². The molecule has 0 saturated heterocycles. The van der Waals surface area contributed by atoms with Gasteiger partial charge in [0, 0.05) is 31.2 Å². The highest BCUT2D eigenvalue weighted by atomic mass is 16.5. The maximum absolute atomic E-state index is 11.5. The van der Waals surface area contributed by atoms with Crippen molar-refractivity contribution in [2.45, 2.75) is 19.8 Å². The highest BCUT2D eigenvalue weighted by Crippen LogP contribution is 2.19. The monoisotopic (exact) mass is 336 g/mol. The zero-order valence-electron chi connectivity index (χ0n) is 14.3. The van der Waals surface area contributed by atoms with E-state index < -0.39 is 0 Å². The molecule has 0 aliphatic rings. The van der Waals surface area contributed by atoms with E-state index in [2.05, 4.69) is 15.0 Å². The first kappa shape index (κ1) is 16.8. The van der Waals surface area contributed by atoms with Gasteiger partial charge in [0.2, 0.25) is 0 Å². The lowest BCUT2D eigenvalue weighted by Crippen LogP contribution is -2.07. The van der Waals surface area contributed by atoms with Crippen molar-refractivity contribution < 1.29 is 9.53 Å². The van der Waals surface area contributed by atoms with Crippen molar-refractivity contribution in [3.63, 3.8) is 0 Å². The van der Waals surface area contributed by atoms with Crippen molar-refractivity contribution in [1.82, 2.24) is 19.5 Å². The van der Waals surface area contributed by atoms with E-state index in [1.165, 1.54) is 0 Å². The fourth-order valence-corrected chi connectivity index (χ4v) is 2.51. The lowest BCUT2D eigenvalue weighted by atomic mass is 10.1. The summed E-state index contributed by atoms with van der Waals surface area (Å²) in [7, 11) is 1.94. The van der Waals surface area contributed by atoms with Crippen LogP contribution in [0.3, 0.4) is 0 Å². The Hall–Kier alpha value is -3.02. The van der Waals surface area contributed by atoms with E-state index in [0.29, 0.717) is 13.0 Å². The van der Waals surface area contributed by atoms with Crippen LogP contribution in [-0.2, 0) is 29.4 Å². The third-order valence-corrected chi connectivity index (χ3v) is 3.74. The zero-order valence-corrected chi connectivity index (χ0v) is 14.3. The molecule has 0 atom stereocenters. The summed E-state index contributed by atoms with van der Waals surface area (Å²) in [6.45, 7) is 2.21. The molecule has 3 rings (SSSR count). The summed E-state index contributed by atoms with van der Waals surface area (Å²) in [4.78, 5) is 24.6. The average Bonchev–Trinajstić information content (AvgIpc) is 3.01. The number of aromatic nitrogens is 4. The summed E-state index contributed by atoms with van der Waals surface area (Å²) < 4.78 is 6.86. The van der Waals surface area contributed by atoms with Crippen molar-refractivity contribution in [3.8, 4) is 11.1 Å². The number of carbonyl (C=O) groups is 1. The van der Waals surface area contributed by atoms with Gasteiger partial charge in [0.05, 0.1) is 31.5 Å². The molecule has 1 aromatic carbocycles. The van der Waals surface area contributed by atoms with Crippen LogP contribution >= 0.6 is 0 Å². The van der Waals surface area contributed by atoms with Crippen LogP contribution in [0.25, 0.3) is 11.1 Å². The molecule has 0 fully saturated rings. The van der Waals surface area contributed by atoms with E-state index in [0.717, 1.165) is 28.2 Å². The summed E-state index contributed by atoms with van der Waals surface area (Å²) in [6.07, 6.45) is 8.24. The van der Waals surface area contributed by atoms with E-state index in [4.69, 9.17) is 4.74 Å². The van der Waals surface area contributed by atoms with E-state index in [1.54, 1.807) is 13.3 Å². The van der Waals surface area contributed by atoms with Gasteiger partial charge in [-0.25, -0.2) is 15.0 Å². The van der Waals surface area contributed by atoms with Crippen molar-refractivity contribution in [3.05, 3.63) is 66.3 Å². The predicted octanol–water partition coefficient (Wildman–Crippen LogP) is 2.57. The molecule has 0 bridgehead atoms. The summed E-state index contributed by atoms with van der Waals surface area (Å²) in [5.41, 5.74) is 3.82. The molecular formula is C19H20N4O2. The number of rotatable bonds is 6. The quantitative estimate of drug-likeness (QED) is 0.647. The first-order valence-corrected chi connectivity index (χ1v) is 8.16. The zero-order chi connectivity index (χ0) is 17.6. The van der Waals surface area contributed by atoms with E-state index in [-0.39, 0.29) is 12.4 Å². The van der Waals surface area contributed by atoms with Gasteiger partial charge in [-0.05, 0) is 18.1 Å². The molecule has 0 aliphatic carbocycles. The third-order valence-electron chi connectivity index (χ3n) is 3.74. The first-order valence-electron chi connectivity index (χ1n) is 8.16. The largest absolute Gasteiger partial charge is 0.466 e. The molecule has 0 amide bonds. The molecule has 25 heavy (non-hydrogen) atoms. The Balaban J connectivity index is 1.66. The molecule has 0 radical (unpaired) electrons. The predicted molar refractivity (Wildman–Crippen MR) is 93.8 cm³/mol. The van der Waals surface area contributed by atoms with Crippen LogP contribution in [0.2, 0.25) is 0 Å². The second kappa shape index (κ2) is 7.70. The summed E-state index contributed by atoms with van der Waals surface area (Å²) in [6, 6.07) is 7.78. The number of carbonyl (C=O) groups excluding carboxylic acids is 1. The van der Waals surface area contributed by atoms with Gasteiger partial charge in [-0.2, -0.15) is 0 Å². The fraction of sp³-hybridized carbons (Fsp3) is 0.263. The van der Waals surface area contributed by atoms with Crippen molar-refractivity contribution in [2.24, 2.45) is 7.05 Å². The maximum atomic E-state index is 11.5. The summed E-state index contributed by atoms with van der Waals surface area (Å²) in [5, 5.41) is 0. The van der Waals surface area contributed by atoms with Crippen LogP contribution in [0.1, 0.15) is 24.0 Å². The number of imidazole rings is 1. The second-order valence-electron chi connectivity index (χ2n) is 5.77. The lowest BCUT2D eigenvalue weighted by molar-refractivity contribution is -0.142. The third kappa shape index (κ3) is 4.50. The van der Waals surface area contributed by atoms with Crippen molar-refractivity contribution in [1.29, 1.82) is 0 Å². The Bertz CT molecular complexity index is 839. The number of nitrogens with zero attached hydrogens (tertiary/aromatic N) is 4. The Kier molecular flexibility index (Phi) is 5.18. The molecule has 6 nitrogen and oxygen atoms in total. The first-order chi connectivity index (χ1) is 12.1. The molecule has 3 aromatic rings. The highest BCUT2D eigenvalue weighted by molar-refractivity contribution is 5.73. The van der Waals surface area contributed by atoms with Crippen LogP contribution in [0.5, 0.6) is 0 Å². The Morgan fingerprint density at radius 3 is 2.40 bits per heavy atom. The topological polar surface area (TPSA) is 69.9 Å². The van der Waals surface area contributed by atoms with Crippen LogP contribution in [0.15, 0.2) is 49.2 Å². The van der Waals surface area contributed by atoms with Gasteiger partial charge in [0.25, 0.3) is 0 Å². The molecule has 0 saturated carbocycles. The molecule has 2 heterocycles. The number of hydrogen-bond acceptors (Lipinski definition) is 5. The maximum Gasteiger partial charge on any atom is 0.310 e. The highest BCUT2D eigenvalue weighted by Gasteiger charge is 2.06. The molecular weight excluding hydrogens is 316 g/mol. The SMILES string of the molecule is CCOC(=O)Cc1ccc(-c2cnc(Cc3cn(C)cn3)nc2)cc1. The van der Waals surface area contributed by atoms with Gasteiger partial charge >= 0.3 is 5.97 Å². The number of ether oxygens (including phenoxy) is 1. The van der Waals surface area contributed by atoms with Gasteiger partial charge in [0.1, 0.15) is 5.82 Å². The Morgan fingerprint density at radius 1 is 1.08 bits per heavy atom. The Morgan fingerprint density at radius 2 is 1.80 bits per heavy atom. The number of hydrogen-bond donors (Lipinski definition) is 0. The van der Waals surface area contributed by atoms with Gasteiger partial charge in [-0.1, -0.05) is 24.3 Å². The minimum Gasteiger partial charge on any atom is -0.466 e. The van der Waals surface area contributed by atoms with Gasteiger partial charge < -0.3 is 9.30 Å². The molecule has 2 aromatic heterocycles. The average molecular weight is 336 g/mol. The molecule has 0 N–H and O–H groups in total. The summed E-state index contributed by atoms with van der Waals surface area (Å²) >= 11 is 0. The standard InChI is InChI=1S/C19H20N4O2/c1-3-25-19(24)8-14-4-6-15(7-5-14)16-10-20-18(21-11-16)9-17-12-23(2)13-22-17/h4-7,10-13H,3,8-9H2,1-2H3. The normalized spacial score (nSPS) is 10.6. The van der Waals surface area contributed by atoms with E-state index >= 15 is 0 Å².